The van der Waals surface area contributed by atoms with Gasteiger partial charge in [0.25, 0.3) is 0 Å². The van der Waals surface area contributed by atoms with Gasteiger partial charge in [-0.05, 0) is 18.9 Å². The summed E-state index contributed by atoms with van der Waals surface area (Å²) in [6, 6.07) is 3.78. The largest absolute Gasteiger partial charge is 0.379 e. The molecule has 4 heteroatoms. The molecule has 2 atom stereocenters. The first-order valence-corrected chi connectivity index (χ1v) is 6.16. The molecule has 0 spiro atoms. The lowest BCUT2D eigenvalue weighted by molar-refractivity contribution is 0.0606. The Morgan fingerprint density at radius 2 is 2.12 bits per heavy atom. The summed E-state index contributed by atoms with van der Waals surface area (Å²) < 4.78 is 7.09. The average Bonchev–Trinajstić information content (AvgIpc) is 2.34. The predicted octanol–water partition coefficient (Wildman–Crippen LogP) is 1.75. The Bertz CT molecular complexity index is 428. The lowest BCUT2D eigenvalue weighted by atomic mass is 9.92. The van der Waals surface area contributed by atoms with Crippen LogP contribution in [-0.4, -0.2) is 23.8 Å². The second-order valence-electron chi connectivity index (χ2n) is 4.68. The molecule has 17 heavy (non-hydrogen) atoms. The van der Waals surface area contributed by atoms with Crippen molar-refractivity contribution >= 4 is 5.69 Å². The van der Waals surface area contributed by atoms with Crippen molar-refractivity contribution in [3.8, 4) is 0 Å². The zero-order valence-corrected chi connectivity index (χ0v) is 10.5. The van der Waals surface area contributed by atoms with Crippen LogP contribution in [0.4, 0.5) is 5.69 Å². The minimum Gasteiger partial charge on any atom is -0.379 e. The van der Waals surface area contributed by atoms with Crippen molar-refractivity contribution < 1.29 is 4.74 Å². The van der Waals surface area contributed by atoms with Gasteiger partial charge in [0.15, 0.2) is 0 Å². The van der Waals surface area contributed by atoms with Crippen molar-refractivity contribution in [2.75, 3.05) is 12.4 Å². The van der Waals surface area contributed by atoms with Crippen LogP contribution >= 0.6 is 0 Å². The number of pyridine rings is 1. The molecule has 0 aromatic carbocycles. The van der Waals surface area contributed by atoms with Gasteiger partial charge in [0.1, 0.15) is 0 Å². The molecule has 1 aromatic rings. The van der Waals surface area contributed by atoms with Crippen LogP contribution in [0.15, 0.2) is 23.1 Å². The van der Waals surface area contributed by atoms with E-state index in [9.17, 15) is 4.79 Å². The predicted molar refractivity (Wildman–Crippen MR) is 68.4 cm³/mol. The maximum absolute atomic E-state index is 11.3. The molecule has 1 aliphatic rings. The number of nitrogens with zero attached hydrogens (tertiary/aromatic N) is 1. The van der Waals surface area contributed by atoms with Gasteiger partial charge in [-0.25, -0.2) is 0 Å². The summed E-state index contributed by atoms with van der Waals surface area (Å²) in [7, 11) is 3.54. The number of rotatable bonds is 3. The van der Waals surface area contributed by atoms with E-state index in [0.717, 1.165) is 18.5 Å². The first-order chi connectivity index (χ1) is 8.20. The molecule has 4 nitrogen and oxygen atoms in total. The van der Waals surface area contributed by atoms with Crippen LogP contribution < -0.4 is 10.9 Å². The lowest BCUT2D eigenvalue weighted by Crippen LogP contribution is -2.38. The van der Waals surface area contributed by atoms with Crippen molar-refractivity contribution in [1.29, 1.82) is 0 Å². The summed E-state index contributed by atoms with van der Waals surface area (Å²) in [5, 5.41) is 3.47. The second-order valence-corrected chi connectivity index (χ2v) is 4.68. The number of nitrogens with one attached hydrogen (secondary N) is 1. The normalized spacial score (nSPS) is 24.6. The molecule has 0 bridgehead atoms. The molecular formula is C13H20N2O2. The second kappa shape index (κ2) is 5.36. The van der Waals surface area contributed by atoms with Crippen LogP contribution in [0.1, 0.15) is 25.7 Å². The van der Waals surface area contributed by atoms with Crippen LogP contribution in [0.3, 0.4) is 0 Å². The van der Waals surface area contributed by atoms with Crippen LogP contribution in [0, 0.1) is 0 Å². The highest BCUT2D eigenvalue weighted by molar-refractivity contribution is 5.41. The maximum atomic E-state index is 11.3. The molecule has 0 saturated heterocycles. The van der Waals surface area contributed by atoms with Crippen molar-refractivity contribution in [2.45, 2.75) is 37.8 Å². The van der Waals surface area contributed by atoms with Gasteiger partial charge in [0.05, 0.1) is 17.8 Å². The third-order valence-corrected chi connectivity index (χ3v) is 3.44. The molecule has 1 saturated carbocycles. The van der Waals surface area contributed by atoms with Gasteiger partial charge < -0.3 is 14.6 Å². The molecule has 1 aliphatic carbocycles. The molecule has 0 aliphatic heterocycles. The number of hydrogen-bond acceptors (Lipinski definition) is 3. The van der Waals surface area contributed by atoms with Gasteiger partial charge in [-0.3, -0.25) is 4.79 Å². The fourth-order valence-electron chi connectivity index (χ4n) is 2.44. The van der Waals surface area contributed by atoms with Crippen LogP contribution in [-0.2, 0) is 11.8 Å². The minimum atomic E-state index is 0.0162. The summed E-state index contributed by atoms with van der Waals surface area (Å²) in [5.41, 5.74) is 1.00. The lowest BCUT2D eigenvalue weighted by Gasteiger charge is -2.31. The van der Waals surface area contributed by atoms with E-state index in [1.165, 1.54) is 12.8 Å². The first kappa shape index (κ1) is 12.2. The first-order valence-electron chi connectivity index (χ1n) is 6.16. The molecule has 2 rings (SSSR count). The Labute approximate surface area is 102 Å². The number of ether oxygens (including phenoxy) is 1. The van der Waals surface area contributed by atoms with E-state index in [1.807, 2.05) is 12.3 Å². The van der Waals surface area contributed by atoms with Crippen LogP contribution in [0.2, 0.25) is 0 Å². The topological polar surface area (TPSA) is 43.3 Å². The molecule has 2 unspecified atom stereocenters. The fraction of sp³-hybridized carbons (Fsp3) is 0.615. The smallest absolute Gasteiger partial charge is 0.250 e. The van der Waals surface area contributed by atoms with Gasteiger partial charge in [-0.1, -0.05) is 12.8 Å². The maximum Gasteiger partial charge on any atom is 0.250 e. The Hall–Kier alpha value is -1.29. The quantitative estimate of drug-likeness (QED) is 0.869. The van der Waals surface area contributed by atoms with E-state index < -0.39 is 0 Å². The van der Waals surface area contributed by atoms with Gasteiger partial charge in [0, 0.05) is 26.4 Å². The van der Waals surface area contributed by atoms with Gasteiger partial charge in [0.2, 0.25) is 5.56 Å². The molecule has 1 N–H and O–H groups in total. The zero-order chi connectivity index (χ0) is 12.3. The molecule has 1 fully saturated rings. The van der Waals surface area contributed by atoms with Gasteiger partial charge in [-0.15, -0.1) is 0 Å². The molecule has 0 radical (unpaired) electrons. The molecule has 1 heterocycles. The van der Waals surface area contributed by atoms with Gasteiger partial charge >= 0.3 is 0 Å². The Morgan fingerprint density at radius 1 is 1.35 bits per heavy atom. The van der Waals surface area contributed by atoms with Crippen molar-refractivity contribution in [3.05, 3.63) is 28.7 Å². The minimum absolute atomic E-state index is 0.0162. The average molecular weight is 236 g/mol. The van der Waals surface area contributed by atoms with E-state index in [2.05, 4.69) is 5.32 Å². The standard InChI is InChI=1S/C13H20N2O2/c1-15-9-10(7-8-13(15)16)14-11-5-3-4-6-12(11)17-2/h7-9,11-12,14H,3-6H2,1-2H3. The highest BCUT2D eigenvalue weighted by Crippen LogP contribution is 2.23. The van der Waals surface area contributed by atoms with E-state index >= 15 is 0 Å². The molecule has 94 valence electrons. The number of hydrogen-bond donors (Lipinski definition) is 1. The van der Waals surface area contributed by atoms with Crippen molar-refractivity contribution in [3.63, 3.8) is 0 Å². The van der Waals surface area contributed by atoms with E-state index in [-0.39, 0.29) is 11.7 Å². The molecule has 0 amide bonds. The Balaban J connectivity index is 2.08. The van der Waals surface area contributed by atoms with Crippen molar-refractivity contribution in [2.24, 2.45) is 7.05 Å². The van der Waals surface area contributed by atoms with E-state index in [4.69, 9.17) is 4.74 Å². The third kappa shape index (κ3) is 2.88. The van der Waals surface area contributed by atoms with Crippen LogP contribution in [0.5, 0.6) is 0 Å². The van der Waals surface area contributed by atoms with Crippen LogP contribution in [0.25, 0.3) is 0 Å². The van der Waals surface area contributed by atoms with E-state index in [0.29, 0.717) is 6.04 Å². The summed E-state index contributed by atoms with van der Waals surface area (Å²) in [4.78, 5) is 11.3. The number of anilines is 1. The summed E-state index contributed by atoms with van der Waals surface area (Å²) >= 11 is 0. The van der Waals surface area contributed by atoms with Crippen molar-refractivity contribution in [1.82, 2.24) is 4.57 Å². The number of aromatic nitrogens is 1. The summed E-state index contributed by atoms with van der Waals surface area (Å²) in [6.07, 6.45) is 6.83. The Morgan fingerprint density at radius 3 is 2.82 bits per heavy atom. The summed E-state index contributed by atoms with van der Waals surface area (Å²) in [5.74, 6) is 0. The Kier molecular flexibility index (Phi) is 3.84. The van der Waals surface area contributed by atoms with E-state index in [1.54, 1.807) is 24.8 Å². The third-order valence-electron chi connectivity index (χ3n) is 3.44. The zero-order valence-electron chi connectivity index (χ0n) is 10.5. The SMILES string of the molecule is COC1CCCCC1Nc1ccc(=O)n(C)c1. The number of aryl methyl sites for hydroxylation is 1. The highest BCUT2D eigenvalue weighted by atomic mass is 16.5. The monoisotopic (exact) mass is 236 g/mol. The molecule has 1 aromatic heterocycles. The fourth-order valence-corrected chi connectivity index (χ4v) is 2.44. The number of methoxy groups -OCH3 is 1. The van der Waals surface area contributed by atoms with Gasteiger partial charge in [-0.2, -0.15) is 0 Å². The summed E-state index contributed by atoms with van der Waals surface area (Å²) in [6.45, 7) is 0. The molecular weight excluding hydrogens is 216 g/mol. The highest BCUT2D eigenvalue weighted by Gasteiger charge is 2.24.